The maximum Gasteiger partial charge on any atom is 0.0812 e. The molecule has 2 heteroatoms. The Balaban J connectivity index is 2.60. The molecule has 0 N–H and O–H groups in total. The Morgan fingerprint density at radius 2 is 2.23 bits per heavy atom. The van der Waals surface area contributed by atoms with Gasteiger partial charge in [0.25, 0.3) is 0 Å². The van der Waals surface area contributed by atoms with Gasteiger partial charge in [-0.1, -0.05) is 23.6 Å². The average Bonchev–Trinajstić information content (AvgIpc) is 2.36. The summed E-state index contributed by atoms with van der Waals surface area (Å²) in [6.07, 6.45) is 7.43. The van der Waals surface area contributed by atoms with Crippen molar-refractivity contribution in [2.75, 3.05) is 0 Å². The molecule has 0 fully saturated rings. The number of hydrogen-bond donors (Lipinski definition) is 0. The summed E-state index contributed by atoms with van der Waals surface area (Å²) in [7, 11) is 0. The fraction of sp³-hybridized carbons (Fsp3) is 0.273. The summed E-state index contributed by atoms with van der Waals surface area (Å²) < 4.78 is 13.2. The summed E-state index contributed by atoms with van der Waals surface area (Å²) in [6, 6.07) is 1.81. The minimum Gasteiger partial charge on any atom is -0.186 e. The first-order valence-electron chi connectivity index (χ1n) is 4.43. The van der Waals surface area contributed by atoms with Crippen molar-refractivity contribution in [1.82, 2.24) is 4.79 Å². The van der Waals surface area contributed by atoms with E-state index < -0.39 is 0 Å². The third-order valence-corrected chi connectivity index (χ3v) is 2.37. The molecule has 1 aliphatic rings. The fourth-order valence-electron chi connectivity index (χ4n) is 1.70. The maximum absolute atomic E-state index is 13.2. The fourth-order valence-corrected chi connectivity index (χ4v) is 1.70. The molecule has 0 radical (unpaired) electrons. The van der Waals surface area contributed by atoms with Gasteiger partial charge < -0.3 is 0 Å². The van der Waals surface area contributed by atoms with Crippen molar-refractivity contribution in [2.45, 2.75) is 13.8 Å². The normalized spacial score (nSPS) is 20.8. The number of rotatable bonds is 0. The van der Waals surface area contributed by atoms with Crippen LogP contribution >= 0.6 is 0 Å². The molecule has 1 aromatic rings. The molecule has 1 atom stereocenters. The zero-order valence-corrected chi connectivity index (χ0v) is 7.79. The monoisotopic (exact) mass is 177 g/mol. The van der Waals surface area contributed by atoms with E-state index in [0.717, 1.165) is 11.1 Å². The molecule has 1 heterocycles. The van der Waals surface area contributed by atoms with Crippen molar-refractivity contribution in [3.8, 4) is 0 Å². The minimum atomic E-state index is 0.382. The van der Waals surface area contributed by atoms with Crippen molar-refractivity contribution in [1.29, 1.82) is 0 Å². The molecule has 1 unspecified atom stereocenters. The van der Waals surface area contributed by atoms with Crippen LogP contribution in [-0.2, 0) is 0 Å². The van der Waals surface area contributed by atoms with Gasteiger partial charge in [-0.25, -0.2) is 0 Å². The molecule has 0 spiro atoms. The Bertz CT molecular complexity index is 385. The van der Waals surface area contributed by atoms with Crippen molar-refractivity contribution in [3.63, 3.8) is 0 Å². The van der Waals surface area contributed by atoms with Crippen LogP contribution in [0.1, 0.15) is 25.1 Å². The SMILES string of the molecule is CC1=CC(C)C=Cc2c1ccn2F. The van der Waals surface area contributed by atoms with Gasteiger partial charge in [0, 0.05) is 11.8 Å². The number of aromatic nitrogens is 1. The van der Waals surface area contributed by atoms with Crippen LogP contribution in [0, 0.1) is 5.92 Å². The first-order valence-corrected chi connectivity index (χ1v) is 4.43. The van der Waals surface area contributed by atoms with Crippen molar-refractivity contribution >= 4 is 11.6 Å². The lowest BCUT2D eigenvalue weighted by molar-refractivity contribution is 0.368. The molecule has 0 saturated heterocycles. The second-order valence-corrected chi connectivity index (χ2v) is 3.49. The van der Waals surface area contributed by atoms with Gasteiger partial charge in [0.05, 0.1) is 5.69 Å². The molecule has 0 aromatic carbocycles. The Morgan fingerprint density at radius 1 is 1.46 bits per heavy atom. The van der Waals surface area contributed by atoms with Gasteiger partial charge in [-0.15, -0.1) is 0 Å². The molecule has 0 amide bonds. The van der Waals surface area contributed by atoms with Gasteiger partial charge in [-0.05, 0) is 30.6 Å². The Kier molecular flexibility index (Phi) is 1.83. The minimum absolute atomic E-state index is 0.382. The van der Waals surface area contributed by atoms with Gasteiger partial charge >= 0.3 is 0 Å². The van der Waals surface area contributed by atoms with E-state index in [9.17, 15) is 4.48 Å². The highest BCUT2D eigenvalue weighted by molar-refractivity contribution is 5.74. The van der Waals surface area contributed by atoms with Crippen LogP contribution < -0.4 is 0 Å². The molecule has 0 bridgehead atoms. The standard InChI is InChI=1S/C11H12FN/c1-8-3-4-11-10(9(2)7-8)5-6-13(11)12/h3-8H,1-2H3. The van der Waals surface area contributed by atoms with Crippen LogP contribution in [-0.4, -0.2) is 4.79 Å². The first kappa shape index (κ1) is 8.30. The van der Waals surface area contributed by atoms with E-state index in [1.165, 1.54) is 6.20 Å². The lowest BCUT2D eigenvalue weighted by atomic mass is 10.1. The molecule has 1 aliphatic carbocycles. The summed E-state index contributed by atoms with van der Waals surface area (Å²) in [6.45, 7) is 4.11. The zero-order chi connectivity index (χ0) is 9.42. The van der Waals surface area contributed by atoms with Gasteiger partial charge in [-0.2, -0.15) is 4.79 Å². The number of halogens is 1. The summed E-state index contributed by atoms with van der Waals surface area (Å²) >= 11 is 0. The van der Waals surface area contributed by atoms with Crippen LogP contribution in [0.25, 0.3) is 11.6 Å². The summed E-state index contributed by atoms with van der Waals surface area (Å²) in [5, 5.41) is 0. The predicted octanol–water partition coefficient (Wildman–Crippen LogP) is 3.29. The number of nitrogens with zero attached hydrogens (tertiary/aromatic N) is 1. The van der Waals surface area contributed by atoms with Crippen LogP contribution in [0.3, 0.4) is 0 Å². The second-order valence-electron chi connectivity index (χ2n) is 3.49. The molecular formula is C11H12FN. The van der Waals surface area contributed by atoms with E-state index in [2.05, 4.69) is 13.0 Å². The van der Waals surface area contributed by atoms with Gasteiger partial charge in [-0.3, -0.25) is 0 Å². The zero-order valence-electron chi connectivity index (χ0n) is 7.79. The van der Waals surface area contributed by atoms with Crippen LogP contribution in [0.15, 0.2) is 24.4 Å². The third kappa shape index (κ3) is 1.32. The first-order chi connectivity index (χ1) is 6.18. The number of allylic oxidation sites excluding steroid dienone is 3. The largest absolute Gasteiger partial charge is 0.186 e. The predicted molar refractivity (Wildman–Crippen MR) is 52.8 cm³/mol. The van der Waals surface area contributed by atoms with E-state index in [-0.39, 0.29) is 0 Å². The number of fused-ring (bicyclic) bond motifs is 1. The molecule has 2 rings (SSSR count). The summed E-state index contributed by atoms with van der Waals surface area (Å²) in [4.78, 5) is 0.668. The number of hydrogen-bond acceptors (Lipinski definition) is 0. The Morgan fingerprint density at radius 3 is 3.00 bits per heavy atom. The molecule has 68 valence electrons. The van der Waals surface area contributed by atoms with Crippen LogP contribution in [0.2, 0.25) is 0 Å². The topological polar surface area (TPSA) is 4.93 Å². The van der Waals surface area contributed by atoms with E-state index >= 15 is 0 Å². The molecular weight excluding hydrogens is 165 g/mol. The third-order valence-electron chi connectivity index (χ3n) is 2.37. The van der Waals surface area contributed by atoms with Crippen molar-refractivity contribution < 1.29 is 4.48 Å². The van der Waals surface area contributed by atoms with Gasteiger partial charge in [0.15, 0.2) is 0 Å². The van der Waals surface area contributed by atoms with Crippen molar-refractivity contribution in [3.05, 3.63) is 35.7 Å². The Hall–Kier alpha value is -1.31. The lowest BCUT2D eigenvalue weighted by Gasteiger charge is -1.99. The van der Waals surface area contributed by atoms with E-state index in [1.54, 1.807) is 0 Å². The Labute approximate surface area is 77.1 Å². The molecule has 0 saturated carbocycles. The van der Waals surface area contributed by atoms with E-state index in [0.29, 0.717) is 16.4 Å². The van der Waals surface area contributed by atoms with Crippen molar-refractivity contribution in [2.24, 2.45) is 5.92 Å². The van der Waals surface area contributed by atoms with Gasteiger partial charge in [0.2, 0.25) is 0 Å². The van der Waals surface area contributed by atoms with E-state index in [1.807, 2.05) is 25.1 Å². The highest BCUT2D eigenvalue weighted by Crippen LogP contribution is 2.26. The quantitative estimate of drug-likeness (QED) is 0.573. The van der Waals surface area contributed by atoms with Gasteiger partial charge in [0.1, 0.15) is 0 Å². The molecule has 13 heavy (non-hydrogen) atoms. The summed E-state index contributed by atoms with van der Waals surface area (Å²) in [5.74, 6) is 0.382. The molecule has 0 aliphatic heterocycles. The second kappa shape index (κ2) is 2.87. The highest BCUT2D eigenvalue weighted by atomic mass is 19.2. The maximum atomic E-state index is 13.2. The van der Waals surface area contributed by atoms with Crippen LogP contribution in [0.5, 0.6) is 0 Å². The average molecular weight is 177 g/mol. The van der Waals surface area contributed by atoms with E-state index in [4.69, 9.17) is 0 Å². The lowest BCUT2D eigenvalue weighted by Crippen LogP contribution is -1.85. The highest BCUT2D eigenvalue weighted by Gasteiger charge is 2.11. The van der Waals surface area contributed by atoms with Crippen LogP contribution in [0.4, 0.5) is 4.48 Å². The molecule has 1 aromatic heterocycles. The molecule has 1 nitrogen and oxygen atoms in total. The summed E-state index contributed by atoms with van der Waals surface area (Å²) in [5.41, 5.74) is 2.78. The smallest absolute Gasteiger partial charge is 0.0812 e.